The molecular formula is C23H21ClFN5O2. The number of nitrogens with one attached hydrogen (secondary N) is 1. The number of amides is 2. The summed E-state index contributed by atoms with van der Waals surface area (Å²) in [6.45, 7) is 7.26. The number of piperazine rings is 1. The van der Waals surface area contributed by atoms with E-state index in [2.05, 4.69) is 26.8 Å². The zero-order valence-corrected chi connectivity index (χ0v) is 18.2. The van der Waals surface area contributed by atoms with Gasteiger partial charge in [0.05, 0.1) is 5.52 Å². The quantitative estimate of drug-likeness (QED) is 0.606. The summed E-state index contributed by atoms with van der Waals surface area (Å²) in [6, 6.07) is 7.77. The summed E-state index contributed by atoms with van der Waals surface area (Å²) in [5, 5.41) is 3.73. The fourth-order valence-electron chi connectivity index (χ4n) is 3.80. The molecule has 2 amide bonds. The highest BCUT2D eigenvalue weighted by atomic mass is 35.5. The molecular weight excluding hydrogens is 433 g/mol. The van der Waals surface area contributed by atoms with Crippen LogP contribution in [0.2, 0.25) is 5.02 Å². The van der Waals surface area contributed by atoms with Crippen molar-refractivity contribution in [2.24, 2.45) is 0 Å². The summed E-state index contributed by atoms with van der Waals surface area (Å²) in [5.74, 6) is -0.0906. The van der Waals surface area contributed by atoms with Crippen LogP contribution in [0.1, 0.15) is 6.92 Å². The predicted molar refractivity (Wildman–Crippen MR) is 123 cm³/mol. The molecule has 3 aromatic rings. The molecule has 0 radical (unpaired) electrons. The lowest BCUT2D eigenvalue weighted by Gasteiger charge is -2.35. The SMILES string of the molecule is C=CC(=O)N1CCN(c2ncnc3cc(-c4cc(NC(C)=O)ccc4F)c(Cl)cc23)CC1. The highest BCUT2D eigenvalue weighted by Crippen LogP contribution is 2.36. The maximum absolute atomic E-state index is 14.6. The number of nitrogens with zero attached hydrogens (tertiary/aromatic N) is 4. The minimum absolute atomic E-state index is 0.0894. The summed E-state index contributed by atoms with van der Waals surface area (Å²) in [7, 11) is 0. The zero-order chi connectivity index (χ0) is 22.8. The highest BCUT2D eigenvalue weighted by molar-refractivity contribution is 6.34. The van der Waals surface area contributed by atoms with Crippen LogP contribution in [0.15, 0.2) is 49.3 Å². The molecule has 0 aliphatic carbocycles. The molecule has 9 heteroatoms. The molecule has 1 saturated heterocycles. The van der Waals surface area contributed by atoms with Gasteiger partial charge in [0.2, 0.25) is 11.8 Å². The summed E-state index contributed by atoms with van der Waals surface area (Å²) < 4.78 is 14.6. The lowest BCUT2D eigenvalue weighted by atomic mass is 10.0. The number of carbonyl (C=O) groups excluding carboxylic acids is 2. The molecule has 0 unspecified atom stereocenters. The fraction of sp³-hybridized carbons (Fsp3) is 0.217. The molecule has 0 spiro atoms. The zero-order valence-electron chi connectivity index (χ0n) is 17.4. The third-order valence-electron chi connectivity index (χ3n) is 5.35. The predicted octanol–water partition coefficient (Wildman–Crippen LogP) is 3.88. The number of anilines is 2. The summed E-state index contributed by atoms with van der Waals surface area (Å²) in [5.41, 5.74) is 1.82. The van der Waals surface area contributed by atoms with E-state index in [1.807, 2.05) is 0 Å². The number of aromatic nitrogens is 2. The molecule has 0 saturated carbocycles. The first-order valence-corrected chi connectivity index (χ1v) is 10.4. The van der Waals surface area contributed by atoms with Gasteiger partial charge in [-0.2, -0.15) is 0 Å². The van der Waals surface area contributed by atoms with Crippen LogP contribution in [0, 0.1) is 5.82 Å². The summed E-state index contributed by atoms with van der Waals surface area (Å²) >= 11 is 6.57. The second kappa shape index (κ2) is 8.92. The minimum atomic E-state index is -0.461. The van der Waals surface area contributed by atoms with E-state index in [0.717, 1.165) is 5.39 Å². The lowest BCUT2D eigenvalue weighted by Crippen LogP contribution is -2.48. The fourth-order valence-corrected chi connectivity index (χ4v) is 4.07. The molecule has 1 aliphatic rings. The molecule has 2 aromatic carbocycles. The van der Waals surface area contributed by atoms with Crippen LogP contribution in [-0.2, 0) is 9.59 Å². The number of hydrogen-bond donors (Lipinski definition) is 1. The number of rotatable bonds is 4. The van der Waals surface area contributed by atoms with Gasteiger partial charge in [-0.15, -0.1) is 0 Å². The number of hydrogen-bond acceptors (Lipinski definition) is 5. The van der Waals surface area contributed by atoms with Crippen LogP contribution in [0.25, 0.3) is 22.0 Å². The second-order valence-corrected chi connectivity index (χ2v) is 7.85. The molecule has 4 rings (SSSR count). The van der Waals surface area contributed by atoms with Gasteiger partial charge >= 0.3 is 0 Å². The Morgan fingerprint density at radius 2 is 1.88 bits per heavy atom. The van der Waals surface area contributed by atoms with Gasteiger partial charge in [0.25, 0.3) is 0 Å². The van der Waals surface area contributed by atoms with Crippen molar-refractivity contribution >= 4 is 45.8 Å². The summed E-state index contributed by atoms with van der Waals surface area (Å²) in [4.78, 5) is 35.8. The van der Waals surface area contributed by atoms with Gasteiger partial charge in [0, 0.05) is 60.3 Å². The summed E-state index contributed by atoms with van der Waals surface area (Å²) in [6.07, 6.45) is 2.78. The first kappa shape index (κ1) is 21.7. The third kappa shape index (κ3) is 4.27. The topological polar surface area (TPSA) is 78.4 Å². The molecule has 1 fully saturated rings. The van der Waals surface area contributed by atoms with Gasteiger partial charge in [-0.3, -0.25) is 9.59 Å². The average Bonchev–Trinajstić information content (AvgIpc) is 2.79. The minimum Gasteiger partial charge on any atom is -0.352 e. The van der Waals surface area contributed by atoms with Gasteiger partial charge in [-0.1, -0.05) is 18.2 Å². The Balaban J connectivity index is 1.70. The Hall–Kier alpha value is -3.52. The van der Waals surface area contributed by atoms with Crippen molar-refractivity contribution in [3.05, 3.63) is 60.2 Å². The Morgan fingerprint density at radius 3 is 2.56 bits per heavy atom. The maximum Gasteiger partial charge on any atom is 0.246 e. The second-order valence-electron chi connectivity index (χ2n) is 7.44. The largest absolute Gasteiger partial charge is 0.352 e. The normalized spacial score (nSPS) is 13.8. The molecule has 164 valence electrons. The van der Waals surface area contributed by atoms with E-state index >= 15 is 0 Å². The van der Waals surface area contributed by atoms with Crippen LogP contribution in [0.3, 0.4) is 0 Å². The van der Waals surface area contributed by atoms with Gasteiger partial charge in [0.15, 0.2) is 0 Å². The number of carbonyl (C=O) groups is 2. The molecule has 2 heterocycles. The van der Waals surface area contributed by atoms with E-state index in [1.165, 1.54) is 31.5 Å². The molecule has 1 N–H and O–H groups in total. The van der Waals surface area contributed by atoms with E-state index in [4.69, 9.17) is 11.6 Å². The Morgan fingerprint density at radius 1 is 1.12 bits per heavy atom. The molecule has 0 atom stereocenters. The van der Waals surface area contributed by atoms with Gasteiger partial charge in [-0.25, -0.2) is 14.4 Å². The molecule has 0 bridgehead atoms. The van der Waals surface area contributed by atoms with Crippen LogP contribution in [0.4, 0.5) is 15.9 Å². The van der Waals surface area contributed by atoms with E-state index < -0.39 is 5.82 Å². The van der Waals surface area contributed by atoms with Crippen molar-refractivity contribution in [3.63, 3.8) is 0 Å². The number of benzene rings is 2. The Kier molecular flexibility index (Phi) is 6.05. The number of halogens is 2. The third-order valence-corrected chi connectivity index (χ3v) is 5.66. The van der Waals surface area contributed by atoms with E-state index in [0.29, 0.717) is 53.8 Å². The molecule has 7 nitrogen and oxygen atoms in total. The lowest BCUT2D eigenvalue weighted by molar-refractivity contribution is -0.126. The highest BCUT2D eigenvalue weighted by Gasteiger charge is 2.23. The molecule has 1 aliphatic heterocycles. The Bertz CT molecular complexity index is 1220. The van der Waals surface area contributed by atoms with E-state index in [1.54, 1.807) is 23.1 Å². The van der Waals surface area contributed by atoms with Crippen molar-refractivity contribution < 1.29 is 14.0 Å². The van der Waals surface area contributed by atoms with Gasteiger partial charge in [0.1, 0.15) is 18.0 Å². The van der Waals surface area contributed by atoms with E-state index in [-0.39, 0.29) is 17.4 Å². The van der Waals surface area contributed by atoms with Gasteiger partial charge < -0.3 is 15.1 Å². The van der Waals surface area contributed by atoms with Crippen molar-refractivity contribution in [1.29, 1.82) is 0 Å². The maximum atomic E-state index is 14.6. The monoisotopic (exact) mass is 453 g/mol. The standard InChI is InChI=1S/C23H21ClFN5O2/c1-3-22(32)29-6-8-30(9-7-29)23-18-11-19(24)16(12-21(18)26-13-27-23)17-10-15(28-14(2)31)4-5-20(17)25/h3-5,10-13H,1,6-9H2,2H3,(H,28,31). The van der Waals surface area contributed by atoms with Crippen LogP contribution in [-0.4, -0.2) is 52.9 Å². The van der Waals surface area contributed by atoms with E-state index in [9.17, 15) is 14.0 Å². The molecule has 1 aromatic heterocycles. The smallest absolute Gasteiger partial charge is 0.246 e. The van der Waals surface area contributed by atoms with Crippen molar-refractivity contribution in [3.8, 4) is 11.1 Å². The molecule has 32 heavy (non-hydrogen) atoms. The van der Waals surface area contributed by atoms with Crippen molar-refractivity contribution in [1.82, 2.24) is 14.9 Å². The number of fused-ring (bicyclic) bond motifs is 1. The first-order chi connectivity index (χ1) is 15.4. The van der Waals surface area contributed by atoms with Crippen molar-refractivity contribution in [2.75, 3.05) is 36.4 Å². The van der Waals surface area contributed by atoms with Crippen LogP contribution < -0.4 is 10.2 Å². The van der Waals surface area contributed by atoms with Crippen LogP contribution >= 0.6 is 11.6 Å². The first-order valence-electron chi connectivity index (χ1n) is 10.1. The average molecular weight is 454 g/mol. The van der Waals surface area contributed by atoms with Gasteiger partial charge in [-0.05, 0) is 36.4 Å². The van der Waals surface area contributed by atoms with Crippen molar-refractivity contribution in [2.45, 2.75) is 6.92 Å². The Labute approximate surface area is 189 Å². The van der Waals surface area contributed by atoms with Crippen LogP contribution in [0.5, 0.6) is 0 Å².